The predicted molar refractivity (Wildman–Crippen MR) is 146 cm³/mol. The van der Waals surface area contributed by atoms with Crippen LogP contribution in [0.4, 0.5) is 14.5 Å². The summed E-state index contributed by atoms with van der Waals surface area (Å²) in [6, 6.07) is 17.4. The van der Waals surface area contributed by atoms with Crippen LogP contribution in [-0.2, 0) is 7.05 Å². The van der Waals surface area contributed by atoms with Crippen LogP contribution in [0.2, 0.25) is 0 Å². The minimum Gasteiger partial charge on any atom is -0.496 e. The van der Waals surface area contributed by atoms with Crippen LogP contribution in [0.3, 0.4) is 0 Å². The minimum absolute atomic E-state index is 0.0377. The summed E-state index contributed by atoms with van der Waals surface area (Å²) in [6.07, 6.45) is 0. The Labute approximate surface area is 225 Å². The molecule has 0 radical (unpaired) electrons. The van der Waals surface area contributed by atoms with E-state index in [0.29, 0.717) is 35.6 Å². The first-order chi connectivity index (χ1) is 18.7. The molecule has 1 aliphatic rings. The summed E-state index contributed by atoms with van der Waals surface area (Å²) < 4.78 is 35.1. The lowest BCUT2D eigenvalue weighted by Crippen LogP contribution is -2.57. The van der Waals surface area contributed by atoms with Crippen molar-refractivity contribution in [3.63, 3.8) is 0 Å². The number of piperazine rings is 1. The molecule has 0 N–H and O–H groups in total. The van der Waals surface area contributed by atoms with Crippen molar-refractivity contribution in [3.8, 4) is 11.8 Å². The summed E-state index contributed by atoms with van der Waals surface area (Å²) in [5.74, 6) is -0.324. The third-order valence-electron chi connectivity index (χ3n) is 7.53. The Morgan fingerprint density at radius 2 is 1.72 bits per heavy atom. The molecule has 0 amide bonds. The van der Waals surface area contributed by atoms with Gasteiger partial charge in [0.2, 0.25) is 0 Å². The second-order valence-corrected chi connectivity index (χ2v) is 9.99. The number of aromatic nitrogens is 2. The second kappa shape index (κ2) is 10.5. The Bertz CT molecular complexity index is 1630. The zero-order chi connectivity index (χ0) is 27.8. The summed E-state index contributed by atoms with van der Waals surface area (Å²) in [4.78, 5) is 21.9. The lowest BCUT2D eigenvalue weighted by atomic mass is 9.92. The maximum atomic E-state index is 14.1. The van der Waals surface area contributed by atoms with Gasteiger partial charge in [-0.05, 0) is 49.7 Å². The fraction of sp³-hybridized carbons (Fsp3) is 0.300. The molecule has 9 heteroatoms. The number of halogens is 2. The zero-order valence-corrected chi connectivity index (χ0v) is 22.2. The van der Waals surface area contributed by atoms with Crippen LogP contribution in [0.25, 0.3) is 11.0 Å². The highest BCUT2D eigenvalue weighted by Gasteiger charge is 2.37. The molecular formula is C30H29F2N5O2. The van der Waals surface area contributed by atoms with E-state index in [1.54, 1.807) is 43.4 Å². The van der Waals surface area contributed by atoms with E-state index in [4.69, 9.17) is 4.74 Å². The fourth-order valence-electron chi connectivity index (χ4n) is 5.55. The first-order valence-electron chi connectivity index (χ1n) is 12.7. The molecule has 0 bridgehead atoms. The van der Waals surface area contributed by atoms with Crippen LogP contribution in [0.5, 0.6) is 5.75 Å². The van der Waals surface area contributed by atoms with Gasteiger partial charge in [0.25, 0.3) is 5.56 Å². The molecule has 0 spiro atoms. The molecule has 1 saturated heterocycles. The molecular weight excluding hydrogens is 500 g/mol. The minimum atomic E-state index is -0.401. The Hall–Kier alpha value is -4.29. The largest absolute Gasteiger partial charge is 0.496 e. The fourth-order valence-corrected chi connectivity index (χ4v) is 5.55. The molecule has 1 fully saturated rings. The number of fused-ring (bicyclic) bond motifs is 1. The topological polar surface area (TPSA) is 74.4 Å². The van der Waals surface area contributed by atoms with E-state index in [1.165, 1.54) is 35.9 Å². The van der Waals surface area contributed by atoms with Crippen LogP contribution in [-0.4, -0.2) is 46.7 Å². The number of pyridine rings is 2. The molecule has 39 heavy (non-hydrogen) atoms. The first-order valence-corrected chi connectivity index (χ1v) is 12.7. The third kappa shape index (κ3) is 4.84. The highest BCUT2D eigenvalue weighted by molar-refractivity contribution is 5.89. The lowest BCUT2D eigenvalue weighted by molar-refractivity contribution is 0.128. The quantitative estimate of drug-likeness (QED) is 0.371. The summed E-state index contributed by atoms with van der Waals surface area (Å²) in [6.45, 7) is 5.30. The Balaban J connectivity index is 1.58. The molecule has 2 aromatic carbocycles. The monoisotopic (exact) mass is 529 g/mol. The van der Waals surface area contributed by atoms with Crippen molar-refractivity contribution < 1.29 is 13.5 Å². The van der Waals surface area contributed by atoms with E-state index in [0.717, 1.165) is 11.1 Å². The number of anilines is 1. The molecule has 200 valence electrons. The van der Waals surface area contributed by atoms with Crippen molar-refractivity contribution in [2.75, 3.05) is 25.1 Å². The van der Waals surface area contributed by atoms with E-state index in [2.05, 4.69) is 34.7 Å². The van der Waals surface area contributed by atoms with Crippen LogP contribution in [0, 0.1) is 23.0 Å². The normalized spacial score (nSPS) is 18.6. The highest BCUT2D eigenvalue weighted by Crippen LogP contribution is 2.39. The number of hydrogen-bond acceptors (Lipinski definition) is 6. The molecule has 3 atom stereocenters. The number of rotatable bonds is 5. The number of benzene rings is 2. The lowest BCUT2D eigenvalue weighted by Gasteiger charge is -2.48. The van der Waals surface area contributed by atoms with Gasteiger partial charge in [0.15, 0.2) is 0 Å². The number of methoxy groups -OCH3 is 1. The van der Waals surface area contributed by atoms with Crippen molar-refractivity contribution in [1.82, 2.24) is 14.5 Å². The third-order valence-corrected chi connectivity index (χ3v) is 7.53. The van der Waals surface area contributed by atoms with Crippen molar-refractivity contribution in [1.29, 1.82) is 5.26 Å². The second-order valence-electron chi connectivity index (χ2n) is 9.99. The van der Waals surface area contributed by atoms with Gasteiger partial charge in [0.05, 0.1) is 24.4 Å². The van der Waals surface area contributed by atoms with Gasteiger partial charge in [-0.1, -0.05) is 18.2 Å². The average Bonchev–Trinajstić information content (AvgIpc) is 2.94. The van der Waals surface area contributed by atoms with E-state index >= 15 is 0 Å². The van der Waals surface area contributed by atoms with Crippen LogP contribution < -0.4 is 15.2 Å². The number of nitrogens with zero attached hydrogens (tertiary/aromatic N) is 5. The van der Waals surface area contributed by atoms with E-state index in [-0.39, 0.29) is 35.2 Å². The molecule has 4 aromatic rings. The van der Waals surface area contributed by atoms with Gasteiger partial charge in [0.1, 0.15) is 34.7 Å². The number of ether oxygens (including phenoxy) is 1. The standard InChI is InChI=1S/C30H29F2N5O2/c1-18-17-37(30(20-5-7-21(31)8-6-20)24-11-9-22(32)13-27(24)39-4)19(2)16-36(18)26-14-28(38)35(3)25-12-10-23(15-33)34-29(25)26/h5-14,18-19,30H,16-17H2,1-4H3/t18-,19+,30?/m0/s1. The number of hydrogen-bond donors (Lipinski definition) is 0. The average molecular weight is 530 g/mol. The maximum absolute atomic E-state index is 14.1. The summed E-state index contributed by atoms with van der Waals surface area (Å²) in [7, 11) is 3.20. The number of nitriles is 1. The molecule has 7 nitrogen and oxygen atoms in total. The van der Waals surface area contributed by atoms with Gasteiger partial charge in [-0.15, -0.1) is 0 Å². The molecule has 0 aliphatic carbocycles. The van der Waals surface area contributed by atoms with E-state index < -0.39 is 5.82 Å². The molecule has 2 aromatic heterocycles. The molecule has 5 rings (SSSR count). The van der Waals surface area contributed by atoms with Crippen molar-refractivity contribution in [2.24, 2.45) is 7.05 Å². The zero-order valence-electron chi connectivity index (χ0n) is 22.2. The SMILES string of the molecule is COc1cc(F)ccc1C(c1ccc(F)cc1)N1C[C@H](C)N(c2cc(=O)n(C)c3ccc(C#N)nc23)C[C@H]1C. The number of aryl methyl sites for hydroxylation is 1. The first kappa shape index (κ1) is 26.3. The van der Waals surface area contributed by atoms with Crippen LogP contribution >= 0.6 is 0 Å². The highest BCUT2D eigenvalue weighted by atomic mass is 19.1. The Morgan fingerprint density at radius 1 is 1.00 bits per heavy atom. The van der Waals surface area contributed by atoms with Crippen molar-refractivity contribution >= 4 is 16.7 Å². The Morgan fingerprint density at radius 3 is 2.41 bits per heavy atom. The summed E-state index contributed by atoms with van der Waals surface area (Å²) in [5.41, 5.74) is 3.68. The maximum Gasteiger partial charge on any atom is 0.252 e. The molecule has 0 saturated carbocycles. The Kier molecular flexibility index (Phi) is 7.06. The van der Waals surface area contributed by atoms with Gasteiger partial charge in [-0.25, -0.2) is 13.8 Å². The predicted octanol–water partition coefficient (Wildman–Crippen LogP) is 4.78. The van der Waals surface area contributed by atoms with Gasteiger partial charge in [-0.3, -0.25) is 9.69 Å². The smallest absolute Gasteiger partial charge is 0.252 e. The van der Waals surface area contributed by atoms with Crippen LogP contribution in [0.1, 0.15) is 36.7 Å². The summed E-state index contributed by atoms with van der Waals surface area (Å²) in [5, 5.41) is 9.45. The molecule has 3 heterocycles. The van der Waals surface area contributed by atoms with E-state index in [9.17, 15) is 18.8 Å². The van der Waals surface area contributed by atoms with Gasteiger partial charge < -0.3 is 14.2 Å². The summed E-state index contributed by atoms with van der Waals surface area (Å²) >= 11 is 0. The van der Waals surface area contributed by atoms with Gasteiger partial charge in [0, 0.05) is 49.9 Å². The molecule has 1 unspecified atom stereocenters. The van der Waals surface area contributed by atoms with E-state index in [1.807, 2.05) is 0 Å². The van der Waals surface area contributed by atoms with Crippen LogP contribution in [0.15, 0.2) is 65.5 Å². The van der Waals surface area contributed by atoms with Gasteiger partial charge >= 0.3 is 0 Å². The van der Waals surface area contributed by atoms with Crippen molar-refractivity contribution in [2.45, 2.75) is 32.0 Å². The molecule has 1 aliphatic heterocycles. The van der Waals surface area contributed by atoms with Gasteiger partial charge in [-0.2, -0.15) is 5.26 Å². The van der Waals surface area contributed by atoms with Crippen molar-refractivity contribution in [3.05, 3.63) is 99.5 Å².